The third-order valence-corrected chi connectivity index (χ3v) is 5.61. The number of hydrogen-bond donors (Lipinski definition) is 1. The van der Waals surface area contributed by atoms with Gasteiger partial charge in [-0.05, 0) is 64.3 Å². The predicted molar refractivity (Wildman–Crippen MR) is 134 cm³/mol. The predicted octanol–water partition coefficient (Wildman–Crippen LogP) is 6.59. The molecule has 0 radical (unpaired) electrons. The van der Waals surface area contributed by atoms with Gasteiger partial charge in [-0.1, -0.05) is 44.6 Å². The van der Waals surface area contributed by atoms with Gasteiger partial charge in [0.2, 0.25) is 0 Å². The van der Waals surface area contributed by atoms with E-state index >= 15 is 0 Å². The van der Waals surface area contributed by atoms with Crippen molar-refractivity contribution < 1.29 is 9.59 Å². The largest absolute Gasteiger partial charge is 0.399 e. The molecule has 0 spiro atoms. The van der Waals surface area contributed by atoms with Gasteiger partial charge >= 0.3 is 0 Å². The van der Waals surface area contributed by atoms with Crippen molar-refractivity contribution in [2.24, 2.45) is 5.73 Å². The molecule has 0 saturated carbocycles. The zero-order valence-electron chi connectivity index (χ0n) is 19.5. The van der Waals surface area contributed by atoms with Crippen LogP contribution in [0, 0.1) is 0 Å². The summed E-state index contributed by atoms with van der Waals surface area (Å²) in [7, 11) is 0. The molecular formula is C26H34N2O2S. The number of carbonyl (C=O) groups is 2. The Bertz CT molecular complexity index is 985. The molecule has 1 heterocycles. The highest BCUT2D eigenvalue weighted by Crippen LogP contribution is 2.32. The van der Waals surface area contributed by atoms with E-state index in [1.807, 2.05) is 37.5 Å². The molecule has 2 N–H and O–H groups in total. The maximum absolute atomic E-state index is 12.4. The van der Waals surface area contributed by atoms with Crippen LogP contribution in [-0.4, -0.2) is 16.6 Å². The maximum Gasteiger partial charge on any atom is 0.162 e. The van der Waals surface area contributed by atoms with Gasteiger partial charge in [-0.15, -0.1) is 11.3 Å². The van der Waals surface area contributed by atoms with E-state index in [1.165, 1.54) is 30.8 Å². The lowest BCUT2D eigenvalue weighted by Crippen LogP contribution is -2.01. The summed E-state index contributed by atoms with van der Waals surface area (Å²) in [6, 6.07) is 0. The lowest BCUT2D eigenvalue weighted by atomic mass is 9.95. The summed E-state index contributed by atoms with van der Waals surface area (Å²) in [4.78, 5) is 29.1. The Morgan fingerprint density at radius 2 is 1.81 bits per heavy atom. The van der Waals surface area contributed by atoms with E-state index < -0.39 is 0 Å². The molecular weight excluding hydrogens is 404 g/mol. The summed E-state index contributed by atoms with van der Waals surface area (Å²) >= 11 is 1.39. The van der Waals surface area contributed by atoms with E-state index in [9.17, 15) is 9.59 Å². The molecule has 0 atom stereocenters. The highest BCUT2D eigenvalue weighted by atomic mass is 32.1. The van der Waals surface area contributed by atoms with Crippen LogP contribution >= 0.6 is 11.3 Å². The van der Waals surface area contributed by atoms with Crippen molar-refractivity contribution in [2.75, 3.05) is 0 Å². The molecule has 0 aliphatic carbocycles. The third kappa shape index (κ3) is 7.44. The Morgan fingerprint density at radius 1 is 1.13 bits per heavy atom. The number of hydrogen-bond acceptors (Lipinski definition) is 5. The highest BCUT2D eigenvalue weighted by molar-refractivity contribution is 7.11. The Morgan fingerprint density at radius 3 is 2.29 bits per heavy atom. The van der Waals surface area contributed by atoms with Crippen LogP contribution in [-0.2, 0) is 9.59 Å². The van der Waals surface area contributed by atoms with Gasteiger partial charge in [-0.3, -0.25) is 9.59 Å². The SMILES string of the molecule is C=C\C(N)=C/C(=C(\C)CCC)C(=C\C)/c1csc(/C(=C/C(=C\CC)C(C)=O)C(C)=O)n1. The summed E-state index contributed by atoms with van der Waals surface area (Å²) in [5.74, 6) is -0.197. The van der Waals surface area contributed by atoms with E-state index in [4.69, 9.17) is 10.7 Å². The molecule has 0 aliphatic heterocycles. The summed E-state index contributed by atoms with van der Waals surface area (Å²) < 4.78 is 0. The number of ketones is 2. The molecule has 0 aromatic carbocycles. The first-order valence-electron chi connectivity index (χ1n) is 10.6. The lowest BCUT2D eigenvalue weighted by molar-refractivity contribution is -0.113. The van der Waals surface area contributed by atoms with Gasteiger partial charge in [0.15, 0.2) is 11.6 Å². The number of Topliss-reactive ketones (excluding diaryl/α,β-unsaturated/α-hetero) is 2. The molecule has 0 unspecified atom stereocenters. The number of rotatable bonds is 11. The number of aromatic nitrogens is 1. The first-order chi connectivity index (χ1) is 14.7. The van der Waals surface area contributed by atoms with E-state index in [1.54, 1.807) is 12.2 Å². The fourth-order valence-corrected chi connectivity index (χ4v) is 4.01. The zero-order chi connectivity index (χ0) is 23.6. The second kappa shape index (κ2) is 12.8. The van der Waals surface area contributed by atoms with Gasteiger partial charge in [0.05, 0.1) is 11.3 Å². The van der Waals surface area contributed by atoms with Crippen molar-refractivity contribution in [1.82, 2.24) is 4.98 Å². The first kappa shape index (κ1) is 26.2. The standard InChI is InChI=1S/C26H34N2O2S/c1-8-12-17(5)23(15-21(27)10-3)22(11-4)25-16-31-26(28-25)24(19(7)30)14-20(13-9-2)18(6)29/h10-11,13-16H,3,8-9,12,27H2,1-2,4-7H3/b20-13+,21-15+,22-11+,23-17-,24-14+. The van der Waals surface area contributed by atoms with Crippen LogP contribution in [0.2, 0.25) is 0 Å². The molecule has 1 aromatic heterocycles. The van der Waals surface area contributed by atoms with E-state index in [0.29, 0.717) is 28.3 Å². The Labute approximate surface area is 190 Å². The number of carbonyl (C=O) groups excluding carboxylic acids is 2. The second-order valence-corrected chi connectivity index (χ2v) is 8.13. The van der Waals surface area contributed by atoms with Crippen LogP contribution < -0.4 is 5.73 Å². The van der Waals surface area contributed by atoms with Gasteiger partial charge in [0, 0.05) is 22.2 Å². The van der Waals surface area contributed by atoms with Crippen molar-refractivity contribution in [3.8, 4) is 0 Å². The van der Waals surface area contributed by atoms with E-state index in [-0.39, 0.29) is 11.6 Å². The number of nitrogens with two attached hydrogens (primary N) is 1. The molecule has 0 fully saturated rings. The molecule has 31 heavy (non-hydrogen) atoms. The zero-order valence-corrected chi connectivity index (χ0v) is 20.4. The van der Waals surface area contributed by atoms with Gasteiger partial charge in [0.1, 0.15) is 5.01 Å². The van der Waals surface area contributed by atoms with Gasteiger partial charge < -0.3 is 5.73 Å². The number of nitrogens with zero attached hydrogens (tertiary/aromatic N) is 1. The van der Waals surface area contributed by atoms with Gasteiger partial charge in [-0.25, -0.2) is 4.98 Å². The Balaban J connectivity index is 3.59. The molecule has 0 amide bonds. The summed E-state index contributed by atoms with van der Waals surface area (Å²) in [6.07, 6.45) is 11.7. The fraction of sp³-hybridized carbons (Fsp3) is 0.346. The minimum Gasteiger partial charge on any atom is -0.399 e. The monoisotopic (exact) mass is 438 g/mol. The second-order valence-electron chi connectivity index (χ2n) is 7.27. The van der Waals surface area contributed by atoms with Crippen LogP contribution in [0.5, 0.6) is 0 Å². The average molecular weight is 439 g/mol. The quantitative estimate of drug-likeness (QED) is 0.312. The molecule has 0 saturated heterocycles. The molecule has 0 bridgehead atoms. The number of thiazole rings is 1. The smallest absolute Gasteiger partial charge is 0.162 e. The van der Waals surface area contributed by atoms with Crippen LogP contribution in [0.4, 0.5) is 0 Å². The summed E-state index contributed by atoms with van der Waals surface area (Å²) in [6.45, 7) is 14.9. The van der Waals surface area contributed by atoms with Crippen LogP contribution in [0.3, 0.4) is 0 Å². The van der Waals surface area contributed by atoms with Crippen LogP contribution in [0.15, 0.2) is 64.8 Å². The summed E-state index contributed by atoms with van der Waals surface area (Å²) in [5, 5.41) is 2.54. The van der Waals surface area contributed by atoms with Crippen LogP contribution in [0.25, 0.3) is 11.1 Å². The maximum atomic E-state index is 12.4. The van der Waals surface area contributed by atoms with Crippen molar-refractivity contribution >= 4 is 34.0 Å². The molecule has 5 heteroatoms. The minimum atomic E-state index is -0.125. The molecule has 1 aromatic rings. The minimum absolute atomic E-state index is 0.0722. The average Bonchev–Trinajstić information content (AvgIpc) is 3.19. The fourth-order valence-electron chi connectivity index (χ4n) is 3.12. The van der Waals surface area contributed by atoms with E-state index in [0.717, 1.165) is 29.7 Å². The Kier molecular flexibility index (Phi) is 10.8. The van der Waals surface area contributed by atoms with Crippen molar-refractivity contribution in [3.05, 3.63) is 75.5 Å². The van der Waals surface area contributed by atoms with Gasteiger partial charge in [0.25, 0.3) is 0 Å². The number of allylic oxidation sites excluding steroid dienone is 10. The summed E-state index contributed by atoms with van der Waals surface area (Å²) in [5.41, 5.74) is 11.6. The van der Waals surface area contributed by atoms with Crippen molar-refractivity contribution in [1.29, 1.82) is 0 Å². The molecule has 4 nitrogen and oxygen atoms in total. The highest BCUT2D eigenvalue weighted by Gasteiger charge is 2.17. The molecule has 166 valence electrons. The first-order valence-corrected chi connectivity index (χ1v) is 11.4. The third-order valence-electron chi connectivity index (χ3n) is 4.73. The van der Waals surface area contributed by atoms with Crippen molar-refractivity contribution in [3.63, 3.8) is 0 Å². The van der Waals surface area contributed by atoms with Gasteiger partial charge in [-0.2, -0.15) is 0 Å². The molecule has 0 aliphatic rings. The molecule has 1 rings (SSSR count). The van der Waals surface area contributed by atoms with E-state index in [2.05, 4.69) is 20.4 Å². The normalized spacial score (nSPS) is 14.4. The Hall–Kier alpha value is -2.79. The van der Waals surface area contributed by atoms with Crippen LogP contribution in [0.1, 0.15) is 71.5 Å². The topological polar surface area (TPSA) is 73.1 Å². The lowest BCUT2D eigenvalue weighted by Gasteiger charge is -2.12. The van der Waals surface area contributed by atoms with Crippen molar-refractivity contribution in [2.45, 2.75) is 60.8 Å².